The van der Waals surface area contributed by atoms with Gasteiger partial charge in [0.15, 0.2) is 5.82 Å². The first kappa shape index (κ1) is 30.2. The number of carbonyl (C=O) groups excluding carboxylic acids is 1. The summed E-state index contributed by atoms with van der Waals surface area (Å²) < 4.78 is 78.8. The summed E-state index contributed by atoms with van der Waals surface area (Å²) in [4.78, 5) is 27.0. The minimum absolute atomic E-state index is 0.114. The average Bonchev–Trinajstić information content (AvgIpc) is 2.95. The van der Waals surface area contributed by atoms with E-state index in [0.29, 0.717) is 11.4 Å². The Morgan fingerprint density at radius 3 is 2.34 bits per heavy atom. The van der Waals surface area contributed by atoms with Crippen molar-refractivity contribution in [1.82, 2.24) is 14.9 Å². The van der Waals surface area contributed by atoms with Gasteiger partial charge in [-0.15, -0.1) is 0 Å². The standard InChI is InChI=1S/C27H29F4N5O4S/c1-18-16-22(41(38,39)36(40-26(37)27(29,30)31)24-11-7-10-23(28)33-24)17-32-25(18)34(3)21-12-14-35(15-13-21)19(2)20-8-5-4-6-9-20/h4-11,16-17,19,21H,12-15H2,1-3H3/t19-/m1/s1. The number of hydrogen-bond donors (Lipinski definition) is 0. The van der Waals surface area contributed by atoms with E-state index in [2.05, 4.69) is 38.8 Å². The molecule has 1 fully saturated rings. The smallest absolute Gasteiger partial charge is 0.356 e. The van der Waals surface area contributed by atoms with Crippen LogP contribution >= 0.6 is 0 Å². The molecule has 0 N–H and O–H groups in total. The number of benzene rings is 1. The predicted octanol–water partition coefficient (Wildman–Crippen LogP) is 4.80. The van der Waals surface area contributed by atoms with Gasteiger partial charge < -0.3 is 9.74 Å². The number of hydrogen-bond acceptors (Lipinski definition) is 8. The number of likely N-dealkylation sites (tertiary alicyclic amines) is 1. The topological polar surface area (TPSA) is 95.9 Å². The van der Waals surface area contributed by atoms with Gasteiger partial charge in [0.2, 0.25) is 5.95 Å². The Labute approximate surface area is 235 Å². The van der Waals surface area contributed by atoms with Crippen molar-refractivity contribution in [2.45, 2.75) is 49.8 Å². The molecule has 0 bridgehead atoms. The highest BCUT2D eigenvalue weighted by Crippen LogP contribution is 2.31. The normalized spacial score (nSPS) is 15.8. The molecule has 14 heteroatoms. The molecular formula is C27H29F4N5O4S. The number of carbonyl (C=O) groups is 1. The minimum Gasteiger partial charge on any atom is -0.356 e. The fraction of sp³-hybridized carbons (Fsp3) is 0.370. The van der Waals surface area contributed by atoms with Crippen molar-refractivity contribution in [3.8, 4) is 0 Å². The van der Waals surface area contributed by atoms with Gasteiger partial charge in [0, 0.05) is 38.4 Å². The highest BCUT2D eigenvalue weighted by Gasteiger charge is 2.45. The SMILES string of the molecule is Cc1cc(S(=O)(=O)N(OC(=O)C(F)(F)F)c2cccc(F)n2)cnc1N(C)C1CCN([C@H](C)c2ccccc2)CC1. The highest BCUT2D eigenvalue weighted by atomic mass is 32.2. The molecule has 1 aromatic carbocycles. The lowest BCUT2D eigenvalue weighted by Gasteiger charge is -2.40. The molecule has 0 aliphatic carbocycles. The molecule has 1 aliphatic heterocycles. The number of anilines is 2. The van der Waals surface area contributed by atoms with Gasteiger partial charge in [0.05, 0.1) is 0 Å². The van der Waals surface area contributed by atoms with Gasteiger partial charge in [-0.05, 0) is 56.0 Å². The third-order valence-corrected chi connectivity index (χ3v) is 8.55. The highest BCUT2D eigenvalue weighted by molar-refractivity contribution is 7.92. The molecule has 9 nitrogen and oxygen atoms in total. The van der Waals surface area contributed by atoms with Crippen LogP contribution in [0.5, 0.6) is 0 Å². The summed E-state index contributed by atoms with van der Waals surface area (Å²) >= 11 is 0. The van der Waals surface area contributed by atoms with Crippen molar-refractivity contribution >= 4 is 27.6 Å². The van der Waals surface area contributed by atoms with Crippen molar-refractivity contribution < 1.29 is 35.6 Å². The molecule has 1 atom stereocenters. The van der Waals surface area contributed by atoms with Gasteiger partial charge in [0.1, 0.15) is 10.7 Å². The molecule has 2 aromatic heterocycles. The third kappa shape index (κ3) is 6.76. The number of nitrogens with zero attached hydrogens (tertiary/aromatic N) is 5. The van der Waals surface area contributed by atoms with E-state index < -0.39 is 38.8 Å². The molecule has 220 valence electrons. The van der Waals surface area contributed by atoms with Crippen LogP contribution in [0.3, 0.4) is 0 Å². The zero-order chi connectivity index (χ0) is 29.9. The lowest BCUT2D eigenvalue weighted by molar-refractivity contribution is -0.199. The molecule has 4 rings (SSSR count). The van der Waals surface area contributed by atoms with Crippen LogP contribution < -0.4 is 9.37 Å². The summed E-state index contributed by atoms with van der Waals surface area (Å²) in [5.41, 5.74) is 1.65. The first-order chi connectivity index (χ1) is 19.3. The molecule has 3 heterocycles. The summed E-state index contributed by atoms with van der Waals surface area (Å²) in [6.45, 7) is 5.46. The molecule has 1 saturated heterocycles. The van der Waals surface area contributed by atoms with E-state index in [1.807, 2.05) is 30.1 Å². The van der Waals surface area contributed by atoms with E-state index in [1.54, 1.807) is 6.92 Å². The van der Waals surface area contributed by atoms with Crippen LogP contribution in [0.1, 0.15) is 36.9 Å². The number of pyridine rings is 2. The van der Waals surface area contributed by atoms with Crippen molar-refractivity contribution in [2.75, 3.05) is 29.5 Å². The largest absolute Gasteiger partial charge is 0.493 e. The van der Waals surface area contributed by atoms with Gasteiger partial charge in [0.25, 0.3) is 10.0 Å². The van der Waals surface area contributed by atoms with E-state index in [-0.39, 0.29) is 16.6 Å². The number of aryl methyl sites for hydroxylation is 1. The van der Waals surface area contributed by atoms with E-state index in [1.165, 1.54) is 11.6 Å². The van der Waals surface area contributed by atoms with Crippen molar-refractivity contribution in [3.05, 3.63) is 77.9 Å². The Morgan fingerprint density at radius 2 is 1.76 bits per heavy atom. The Balaban J connectivity index is 1.53. The third-order valence-electron chi connectivity index (χ3n) is 7.04. The molecule has 0 radical (unpaired) electrons. The molecule has 0 unspecified atom stereocenters. The van der Waals surface area contributed by atoms with Gasteiger partial charge in [-0.2, -0.15) is 31.0 Å². The van der Waals surface area contributed by atoms with Crippen LogP contribution in [0.4, 0.5) is 29.2 Å². The molecule has 41 heavy (non-hydrogen) atoms. The van der Waals surface area contributed by atoms with Crippen molar-refractivity contribution in [2.24, 2.45) is 0 Å². The van der Waals surface area contributed by atoms with E-state index in [0.717, 1.165) is 50.3 Å². The molecule has 3 aromatic rings. The minimum atomic E-state index is -5.52. The lowest BCUT2D eigenvalue weighted by atomic mass is 9.99. The fourth-order valence-corrected chi connectivity index (χ4v) is 5.99. The summed E-state index contributed by atoms with van der Waals surface area (Å²) in [6, 6.07) is 14.5. The first-order valence-corrected chi connectivity index (χ1v) is 14.2. The van der Waals surface area contributed by atoms with Gasteiger partial charge in [-0.1, -0.05) is 40.9 Å². The number of alkyl halides is 3. The maximum Gasteiger partial charge on any atom is 0.493 e. The summed E-state index contributed by atoms with van der Waals surface area (Å²) in [5.74, 6) is -4.40. The van der Waals surface area contributed by atoms with Crippen molar-refractivity contribution in [1.29, 1.82) is 0 Å². The summed E-state index contributed by atoms with van der Waals surface area (Å²) in [7, 11) is -3.14. The lowest BCUT2D eigenvalue weighted by Crippen LogP contribution is -2.44. The van der Waals surface area contributed by atoms with E-state index in [4.69, 9.17) is 0 Å². The first-order valence-electron chi connectivity index (χ1n) is 12.7. The van der Waals surface area contributed by atoms with E-state index in [9.17, 15) is 30.8 Å². The van der Waals surface area contributed by atoms with Crippen LogP contribution in [0.2, 0.25) is 0 Å². The van der Waals surface area contributed by atoms with Crippen LogP contribution in [-0.4, -0.2) is 61.6 Å². The Bertz CT molecular complexity index is 1480. The second-order valence-electron chi connectivity index (χ2n) is 9.70. The number of piperidine rings is 1. The quantitative estimate of drug-likeness (QED) is 0.208. The molecule has 1 aliphatic rings. The molecule has 0 saturated carbocycles. The Hall–Kier alpha value is -3.78. The maximum absolute atomic E-state index is 13.7. The zero-order valence-electron chi connectivity index (χ0n) is 22.5. The van der Waals surface area contributed by atoms with Crippen LogP contribution in [-0.2, 0) is 19.7 Å². The van der Waals surface area contributed by atoms with Gasteiger partial charge in [-0.25, -0.2) is 9.78 Å². The monoisotopic (exact) mass is 595 g/mol. The zero-order valence-corrected chi connectivity index (χ0v) is 23.4. The average molecular weight is 596 g/mol. The van der Waals surface area contributed by atoms with Gasteiger partial charge >= 0.3 is 12.1 Å². The Kier molecular flexibility index (Phi) is 8.83. The van der Waals surface area contributed by atoms with Crippen LogP contribution in [0, 0.1) is 12.9 Å². The Morgan fingerprint density at radius 1 is 1.10 bits per heavy atom. The number of rotatable bonds is 8. The molecule has 0 amide bonds. The second-order valence-corrected chi connectivity index (χ2v) is 11.5. The second kappa shape index (κ2) is 12.0. The van der Waals surface area contributed by atoms with Crippen LogP contribution in [0.15, 0.2) is 65.7 Å². The number of aromatic nitrogens is 2. The van der Waals surface area contributed by atoms with Crippen LogP contribution in [0.25, 0.3) is 0 Å². The van der Waals surface area contributed by atoms with Gasteiger partial charge in [-0.3, -0.25) is 4.90 Å². The number of sulfonamides is 1. The molecule has 0 spiro atoms. The maximum atomic E-state index is 13.7. The predicted molar refractivity (Wildman–Crippen MR) is 143 cm³/mol. The number of halogens is 4. The summed E-state index contributed by atoms with van der Waals surface area (Å²) in [6.07, 6.45) is -2.90. The van der Waals surface area contributed by atoms with Crippen molar-refractivity contribution in [3.63, 3.8) is 0 Å². The summed E-state index contributed by atoms with van der Waals surface area (Å²) in [5, 5.41) is 0. The van der Waals surface area contributed by atoms with E-state index >= 15 is 0 Å². The fourth-order valence-electron chi connectivity index (χ4n) is 4.77. The molecular weight excluding hydrogens is 566 g/mol.